The lowest BCUT2D eigenvalue weighted by Crippen LogP contribution is -2.53. The Balaban J connectivity index is 1.11. The fourth-order valence-electron chi connectivity index (χ4n) is 4.45. The summed E-state index contributed by atoms with van der Waals surface area (Å²) in [5, 5.41) is 0. The summed E-state index contributed by atoms with van der Waals surface area (Å²) in [6, 6.07) is 11.4. The first-order chi connectivity index (χ1) is 15.7. The number of hydrogen-bond donors (Lipinski definition) is 0. The van der Waals surface area contributed by atoms with Crippen LogP contribution in [0.4, 0.5) is 0 Å². The quantitative estimate of drug-likeness (QED) is 0.676. The van der Waals surface area contributed by atoms with Gasteiger partial charge in [0.05, 0.1) is 14.2 Å². The van der Waals surface area contributed by atoms with Crippen molar-refractivity contribution in [2.45, 2.75) is 12.2 Å². The summed E-state index contributed by atoms with van der Waals surface area (Å²) in [6.07, 6.45) is -0.0196. The minimum absolute atomic E-state index is 0.00982. The van der Waals surface area contributed by atoms with E-state index in [-0.39, 0.29) is 12.2 Å². The van der Waals surface area contributed by atoms with E-state index in [0.29, 0.717) is 36.2 Å². The highest BCUT2D eigenvalue weighted by Crippen LogP contribution is 2.41. The Kier molecular flexibility index (Phi) is 6.14. The van der Waals surface area contributed by atoms with E-state index in [9.17, 15) is 0 Å². The fourth-order valence-corrected chi connectivity index (χ4v) is 4.45. The molecule has 0 radical (unpaired) electrons. The molecule has 0 spiro atoms. The van der Waals surface area contributed by atoms with Crippen LogP contribution >= 0.6 is 0 Å². The first-order valence-corrected chi connectivity index (χ1v) is 11.1. The topological polar surface area (TPSA) is 61.9 Å². The highest BCUT2D eigenvalue weighted by atomic mass is 16.6. The van der Waals surface area contributed by atoms with Gasteiger partial charge in [0, 0.05) is 39.3 Å². The molecule has 3 heterocycles. The Morgan fingerprint density at radius 2 is 1.16 bits per heavy atom. The molecule has 1 saturated heterocycles. The molecule has 8 heteroatoms. The number of methoxy groups -OCH3 is 2. The van der Waals surface area contributed by atoms with Gasteiger partial charge < -0.3 is 28.4 Å². The molecule has 0 aliphatic carbocycles. The third-order valence-corrected chi connectivity index (χ3v) is 6.13. The lowest BCUT2D eigenvalue weighted by Gasteiger charge is -2.39. The summed E-state index contributed by atoms with van der Waals surface area (Å²) >= 11 is 0. The molecule has 2 atom stereocenters. The maximum absolute atomic E-state index is 6.21. The Labute approximate surface area is 188 Å². The lowest BCUT2D eigenvalue weighted by atomic mass is 10.2. The second kappa shape index (κ2) is 9.34. The van der Waals surface area contributed by atoms with Crippen molar-refractivity contribution in [1.29, 1.82) is 0 Å². The molecule has 0 bridgehead atoms. The number of fused-ring (bicyclic) bond motifs is 2. The van der Waals surface area contributed by atoms with Crippen LogP contribution in [-0.2, 0) is 0 Å². The van der Waals surface area contributed by atoms with Gasteiger partial charge in [-0.15, -0.1) is 0 Å². The summed E-state index contributed by atoms with van der Waals surface area (Å²) in [5.41, 5.74) is 0. The smallest absolute Gasteiger partial charge is 0.204 e. The Morgan fingerprint density at radius 3 is 1.56 bits per heavy atom. The van der Waals surface area contributed by atoms with Gasteiger partial charge in [0.25, 0.3) is 0 Å². The van der Waals surface area contributed by atoms with Crippen LogP contribution in [0.3, 0.4) is 0 Å². The van der Waals surface area contributed by atoms with Crippen molar-refractivity contribution < 1.29 is 28.4 Å². The molecule has 0 N–H and O–H groups in total. The molecule has 2 aromatic rings. The molecule has 2 aromatic carbocycles. The third-order valence-electron chi connectivity index (χ3n) is 6.13. The van der Waals surface area contributed by atoms with Crippen molar-refractivity contribution in [3.63, 3.8) is 0 Å². The molecule has 5 rings (SSSR count). The van der Waals surface area contributed by atoms with Crippen LogP contribution < -0.4 is 28.4 Å². The van der Waals surface area contributed by atoms with Gasteiger partial charge in [0.2, 0.25) is 11.5 Å². The second-order valence-corrected chi connectivity index (χ2v) is 8.28. The van der Waals surface area contributed by atoms with Crippen molar-refractivity contribution in [2.75, 3.05) is 66.7 Å². The molecule has 3 aliphatic rings. The summed E-state index contributed by atoms with van der Waals surface area (Å²) in [4.78, 5) is 4.86. The molecule has 0 saturated carbocycles. The van der Waals surface area contributed by atoms with Gasteiger partial charge in [-0.05, 0) is 24.3 Å². The normalized spacial score (nSPS) is 22.9. The lowest BCUT2D eigenvalue weighted by molar-refractivity contribution is 0.0184. The van der Waals surface area contributed by atoms with E-state index < -0.39 is 0 Å². The van der Waals surface area contributed by atoms with Gasteiger partial charge in [0.15, 0.2) is 23.0 Å². The predicted molar refractivity (Wildman–Crippen MR) is 119 cm³/mol. The predicted octanol–water partition coefficient (Wildman–Crippen LogP) is 2.30. The summed E-state index contributed by atoms with van der Waals surface area (Å²) in [5.74, 6) is 4.33. The first-order valence-electron chi connectivity index (χ1n) is 11.1. The minimum atomic E-state index is -0.00982. The molecule has 0 amide bonds. The van der Waals surface area contributed by atoms with Crippen molar-refractivity contribution >= 4 is 0 Å². The van der Waals surface area contributed by atoms with Crippen LogP contribution in [0.15, 0.2) is 36.4 Å². The Bertz CT molecular complexity index is 827. The molecule has 0 unspecified atom stereocenters. The van der Waals surface area contributed by atoms with Gasteiger partial charge >= 0.3 is 0 Å². The zero-order valence-corrected chi connectivity index (χ0v) is 18.6. The SMILES string of the molecule is COc1cccc2c1O[C@H](CN1CCN(C[C@@H]3COc4cccc(OC)c4O3)CC1)CO2. The monoisotopic (exact) mass is 442 g/mol. The van der Waals surface area contributed by atoms with E-state index in [1.165, 1.54) is 0 Å². The van der Waals surface area contributed by atoms with Crippen LogP contribution in [-0.4, -0.2) is 88.7 Å². The molecule has 3 aliphatic heterocycles. The largest absolute Gasteiger partial charge is 0.493 e. The van der Waals surface area contributed by atoms with Gasteiger partial charge in [-0.2, -0.15) is 0 Å². The molecule has 172 valence electrons. The average molecular weight is 443 g/mol. The van der Waals surface area contributed by atoms with Crippen LogP contribution in [0.5, 0.6) is 34.5 Å². The van der Waals surface area contributed by atoms with E-state index in [1.807, 2.05) is 36.4 Å². The molecular formula is C24H30N2O6. The number of hydrogen-bond acceptors (Lipinski definition) is 8. The van der Waals surface area contributed by atoms with Gasteiger partial charge in [0.1, 0.15) is 25.4 Å². The molecular weight excluding hydrogens is 412 g/mol. The highest BCUT2D eigenvalue weighted by Gasteiger charge is 2.30. The van der Waals surface area contributed by atoms with E-state index >= 15 is 0 Å². The number of ether oxygens (including phenoxy) is 6. The standard InChI is InChI=1S/C24H30N2O6/c1-27-19-5-3-7-21-23(19)31-17(15-29-21)13-25-9-11-26(12-10-25)14-18-16-30-22-8-4-6-20(28-2)24(22)32-18/h3-8,17-18H,9-16H2,1-2H3/t17-,18-/m1/s1. The summed E-state index contributed by atoms with van der Waals surface area (Å²) < 4.78 is 35.1. The maximum atomic E-state index is 6.21. The van der Waals surface area contributed by atoms with Crippen molar-refractivity contribution in [2.24, 2.45) is 0 Å². The number of piperazine rings is 1. The molecule has 32 heavy (non-hydrogen) atoms. The number of benzene rings is 2. The highest BCUT2D eigenvalue weighted by molar-refractivity contribution is 5.52. The van der Waals surface area contributed by atoms with E-state index in [0.717, 1.165) is 50.8 Å². The Morgan fingerprint density at radius 1 is 0.719 bits per heavy atom. The third kappa shape index (κ3) is 4.38. The first kappa shape index (κ1) is 21.0. The summed E-state index contributed by atoms with van der Waals surface area (Å²) in [6.45, 7) is 6.68. The minimum Gasteiger partial charge on any atom is -0.493 e. The fraction of sp³-hybridized carbons (Fsp3) is 0.500. The van der Waals surface area contributed by atoms with Gasteiger partial charge in [-0.25, -0.2) is 0 Å². The van der Waals surface area contributed by atoms with E-state index in [4.69, 9.17) is 28.4 Å². The van der Waals surface area contributed by atoms with Gasteiger partial charge in [-0.1, -0.05) is 12.1 Å². The van der Waals surface area contributed by atoms with Crippen molar-refractivity contribution in [3.05, 3.63) is 36.4 Å². The van der Waals surface area contributed by atoms with Crippen molar-refractivity contribution in [3.8, 4) is 34.5 Å². The molecule has 1 fully saturated rings. The number of nitrogens with zero attached hydrogens (tertiary/aromatic N) is 2. The van der Waals surface area contributed by atoms with Crippen molar-refractivity contribution in [1.82, 2.24) is 9.80 Å². The van der Waals surface area contributed by atoms with E-state index in [1.54, 1.807) is 14.2 Å². The van der Waals surface area contributed by atoms with E-state index in [2.05, 4.69) is 9.80 Å². The number of rotatable bonds is 6. The number of para-hydroxylation sites is 2. The molecule has 8 nitrogen and oxygen atoms in total. The maximum Gasteiger partial charge on any atom is 0.204 e. The Hall–Kier alpha value is -2.84. The van der Waals surface area contributed by atoms with Crippen LogP contribution in [0.25, 0.3) is 0 Å². The zero-order chi connectivity index (χ0) is 21.9. The van der Waals surface area contributed by atoms with Crippen LogP contribution in [0.1, 0.15) is 0 Å². The van der Waals surface area contributed by atoms with Crippen LogP contribution in [0, 0.1) is 0 Å². The van der Waals surface area contributed by atoms with Gasteiger partial charge in [-0.3, -0.25) is 9.80 Å². The van der Waals surface area contributed by atoms with Crippen LogP contribution in [0.2, 0.25) is 0 Å². The summed E-state index contributed by atoms with van der Waals surface area (Å²) in [7, 11) is 3.30. The second-order valence-electron chi connectivity index (χ2n) is 8.28. The zero-order valence-electron chi connectivity index (χ0n) is 18.6. The average Bonchev–Trinajstić information content (AvgIpc) is 2.84. The molecule has 0 aromatic heterocycles.